The van der Waals surface area contributed by atoms with Crippen molar-refractivity contribution in [3.05, 3.63) is 51.6 Å². The Labute approximate surface area is 137 Å². The Hall–Kier alpha value is -1.62. The van der Waals surface area contributed by atoms with E-state index in [1.54, 1.807) is 17.8 Å². The number of rotatable bonds is 4. The van der Waals surface area contributed by atoms with Gasteiger partial charge in [0.25, 0.3) is 5.89 Å². The highest BCUT2D eigenvalue weighted by Gasteiger charge is 2.14. The summed E-state index contributed by atoms with van der Waals surface area (Å²) in [6.45, 7) is 0. The minimum atomic E-state index is 0.410. The third kappa shape index (κ3) is 3.35. The standard InChI is InChI=1S/C14H8BrN3OS2/c15-10-1-3-11(4-2-10)21-8-12-17-14(19-18-12)13-9(7-16)5-6-20-13/h1-6H,8H2. The van der Waals surface area contributed by atoms with Crippen molar-refractivity contribution in [2.75, 3.05) is 0 Å². The van der Waals surface area contributed by atoms with Crippen LogP contribution in [0.2, 0.25) is 0 Å². The SMILES string of the molecule is N#Cc1ccsc1-c1nc(CSc2ccc(Br)cc2)no1. The van der Waals surface area contributed by atoms with Crippen LogP contribution < -0.4 is 0 Å². The summed E-state index contributed by atoms with van der Waals surface area (Å²) < 4.78 is 6.29. The average Bonchev–Trinajstić information content (AvgIpc) is 3.15. The number of thiophene rings is 1. The molecule has 1 aromatic carbocycles. The Morgan fingerprint density at radius 1 is 1.29 bits per heavy atom. The van der Waals surface area contributed by atoms with E-state index in [-0.39, 0.29) is 0 Å². The van der Waals surface area contributed by atoms with E-state index in [1.165, 1.54) is 11.3 Å². The Kier molecular flexibility index (Phi) is 4.39. The quantitative estimate of drug-likeness (QED) is 0.615. The molecule has 21 heavy (non-hydrogen) atoms. The molecule has 0 fully saturated rings. The van der Waals surface area contributed by atoms with Crippen LogP contribution in [0.5, 0.6) is 0 Å². The molecular weight excluding hydrogens is 370 g/mol. The second-order valence-corrected chi connectivity index (χ2v) is 6.91. The molecule has 2 heterocycles. The Bertz CT molecular complexity index is 789. The zero-order chi connectivity index (χ0) is 14.7. The summed E-state index contributed by atoms with van der Waals surface area (Å²) in [5.74, 6) is 1.65. The Morgan fingerprint density at radius 3 is 2.86 bits per heavy atom. The van der Waals surface area contributed by atoms with E-state index in [0.717, 1.165) is 14.2 Å². The summed E-state index contributed by atoms with van der Waals surface area (Å²) in [6.07, 6.45) is 0. The van der Waals surface area contributed by atoms with Crippen LogP contribution in [-0.2, 0) is 5.75 Å². The molecule has 0 bridgehead atoms. The number of nitriles is 1. The molecule has 0 aliphatic heterocycles. The largest absolute Gasteiger partial charge is 0.333 e. The van der Waals surface area contributed by atoms with Gasteiger partial charge in [-0.25, -0.2) is 0 Å². The summed E-state index contributed by atoms with van der Waals surface area (Å²) in [5, 5.41) is 14.8. The normalized spacial score (nSPS) is 10.5. The first-order chi connectivity index (χ1) is 10.3. The van der Waals surface area contributed by atoms with Crippen LogP contribution in [0.3, 0.4) is 0 Å². The maximum Gasteiger partial charge on any atom is 0.269 e. The Morgan fingerprint density at radius 2 is 2.10 bits per heavy atom. The second-order valence-electron chi connectivity index (χ2n) is 4.03. The van der Waals surface area contributed by atoms with Crippen molar-refractivity contribution in [3.8, 4) is 16.8 Å². The molecule has 7 heteroatoms. The lowest BCUT2D eigenvalue weighted by atomic mass is 10.3. The number of hydrogen-bond acceptors (Lipinski definition) is 6. The van der Waals surface area contributed by atoms with E-state index in [4.69, 9.17) is 9.78 Å². The molecular formula is C14H8BrN3OS2. The molecule has 0 unspecified atom stereocenters. The summed E-state index contributed by atoms with van der Waals surface area (Å²) >= 11 is 6.47. The fraction of sp³-hybridized carbons (Fsp3) is 0.0714. The summed E-state index contributed by atoms with van der Waals surface area (Å²) in [5.41, 5.74) is 0.566. The van der Waals surface area contributed by atoms with Crippen LogP contribution in [0.4, 0.5) is 0 Å². The first-order valence-corrected chi connectivity index (χ1v) is 8.61. The molecule has 0 saturated heterocycles. The lowest BCUT2D eigenvalue weighted by molar-refractivity contribution is 0.426. The van der Waals surface area contributed by atoms with Gasteiger partial charge >= 0.3 is 0 Å². The zero-order valence-electron chi connectivity index (χ0n) is 10.6. The summed E-state index contributed by atoms with van der Waals surface area (Å²) in [6, 6.07) is 11.9. The number of thioether (sulfide) groups is 1. The highest BCUT2D eigenvalue weighted by atomic mass is 79.9. The van der Waals surface area contributed by atoms with Crippen LogP contribution >= 0.6 is 39.0 Å². The van der Waals surface area contributed by atoms with Gasteiger partial charge in [-0.1, -0.05) is 21.1 Å². The Balaban J connectivity index is 1.71. The smallest absolute Gasteiger partial charge is 0.269 e. The van der Waals surface area contributed by atoms with Crippen LogP contribution in [-0.4, -0.2) is 10.1 Å². The minimum absolute atomic E-state index is 0.410. The first kappa shape index (κ1) is 14.3. The van der Waals surface area contributed by atoms with Crippen molar-refractivity contribution < 1.29 is 4.52 Å². The van der Waals surface area contributed by atoms with Crippen molar-refractivity contribution in [3.63, 3.8) is 0 Å². The maximum atomic E-state index is 9.01. The van der Waals surface area contributed by atoms with Crippen molar-refractivity contribution in [2.24, 2.45) is 0 Å². The number of aromatic nitrogens is 2. The van der Waals surface area contributed by atoms with Gasteiger partial charge in [0, 0.05) is 9.37 Å². The number of nitrogens with zero attached hydrogens (tertiary/aromatic N) is 3. The van der Waals surface area contributed by atoms with Crippen molar-refractivity contribution in [2.45, 2.75) is 10.6 Å². The van der Waals surface area contributed by atoms with Crippen LogP contribution in [0, 0.1) is 11.3 Å². The molecule has 0 aliphatic carbocycles. The third-order valence-corrected chi connectivity index (χ3v) is 5.07. The van der Waals surface area contributed by atoms with Crippen LogP contribution in [0.15, 0.2) is 49.6 Å². The van der Waals surface area contributed by atoms with Gasteiger partial charge in [0.2, 0.25) is 0 Å². The minimum Gasteiger partial charge on any atom is -0.333 e. The molecule has 0 atom stereocenters. The van der Waals surface area contributed by atoms with Gasteiger partial charge in [-0.2, -0.15) is 10.2 Å². The molecule has 0 spiro atoms. The zero-order valence-corrected chi connectivity index (χ0v) is 13.8. The van der Waals surface area contributed by atoms with Gasteiger partial charge < -0.3 is 4.52 Å². The molecule has 0 saturated carbocycles. The molecule has 4 nitrogen and oxygen atoms in total. The van der Waals surface area contributed by atoms with Gasteiger partial charge in [0.05, 0.1) is 11.3 Å². The molecule has 2 aromatic heterocycles. The van der Waals surface area contributed by atoms with Gasteiger partial charge in [-0.15, -0.1) is 23.1 Å². The topological polar surface area (TPSA) is 62.7 Å². The summed E-state index contributed by atoms with van der Waals surface area (Å²) in [7, 11) is 0. The van der Waals surface area contributed by atoms with Crippen molar-refractivity contribution in [1.82, 2.24) is 10.1 Å². The van der Waals surface area contributed by atoms with Gasteiger partial charge in [0.15, 0.2) is 5.82 Å². The molecule has 3 aromatic rings. The molecule has 104 valence electrons. The van der Waals surface area contributed by atoms with Gasteiger partial charge in [-0.3, -0.25) is 0 Å². The van der Waals surface area contributed by atoms with E-state index >= 15 is 0 Å². The predicted molar refractivity (Wildman–Crippen MR) is 86.0 cm³/mol. The molecule has 0 aliphatic rings. The highest BCUT2D eigenvalue weighted by molar-refractivity contribution is 9.10. The van der Waals surface area contributed by atoms with Crippen LogP contribution in [0.25, 0.3) is 10.8 Å². The number of hydrogen-bond donors (Lipinski definition) is 0. The monoisotopic (exact) mass is 377 g/mol. The lowest BCUT2D eigenvalue weighted by Crippen LogP contribution is -1.84. The van der Waals surface area contributed by atoms with E-state index in [1.807, 2.05) is 29.6 Å². The number of halogens is 1. The molecule has 3 rings (SSSR count). The van der Waals surface area contributed by atoms with E-state index in [2.05, 4.69) is 32.1 Å². The summed E-state index contributed by atoms with van der Waals surface area (Å²) in [4.78, 5) is 6.21. The van der Waals surface area contributed by atoms with E-state index in [9.17, 15) is 0 Å². The van der Waals surface area contributed by atoms with E-state index < -0.39 is 0 Å². The van der Waals surface area contributed by atoms with Gasteiger partial charge in [0.1, 0.15) is 10.9 Å². The lowest BCUT2D eigenvalue weighted by Gasteiger charge is -1.97. The molecule has 0 amide bonds. The average molecular weight is 378 g/mol. The fourth-order valence-electron chi connectivity index (χ4n) is 1.65. The number of benzene rings is 1. The predicted octanol–water partition coefficient (Wildman–Crippen LogP) is 4.72. The fourth-order valence-corrected chi connectivity index (χ4v) is 3.42. The van der Waals surface area contributed by atoms with Crippen molar-refractivity contribution >= 4 is 39.0 Å². The first-order valence-electron chi connectivity index (χ1n) is 5.95. The van der Waals surface area contributed by atoms with E-state index in [0.29, 0.717) is 23.0 Å². The highest BCUT2D eigenvalue weighted by Crippen LogP contribution is 2.29. The van der Waals surface area contributed by atoms with Crippen molar-refractivity contribution in [1.29, 1.82) is 5.26 Å². The third-order valence-electron chi connectivity index (χ3n) is 2.63. The maximum absolute atomic E-state index is 9.01. The molecule has 0 N–H and O–H groups in total. The van der Waals surface area contributed by atoms with Gasteiger partial charge in [-0.05, 0) is 35.7 Å². The molecule has 0 radical (unpaired) electrons. The second kappa shape index (κ2) is 6.43. The van der Waals surface area contributed by atoms with Crippen LogP contribution in [0.1, 0.15) is 11.4 Å².